The van der Waals surface area contributed by atoms with Crippen molar-refractivity contribution in [2.75, 3.05) is 9.80 Å². The van der Waals surface area contributed by atoms with E-state index < -0.39 is 0 Å². The van der Waals surface area contributed by atoms with Gasteiger partial charge in [-0.05, 0) is 120 Å². The van der Waals surface area contributed by atoms with Crippen molar-refractivity contribution < 1.29 is 0 Å². The molecule has 0 N–H and O–H groups in total. The molecular weight excluding hydrogens is 653 g/mol. The molecule has 1 aliphatic heterocycles. The van der Waals surface area contributed by atoms with Crippen LogP contribution in [0.1, 0.15) is 0 Å². The molecule has 54 heavy (non-hydrogen) atoms. The van der Waals surface area contributed by atoms with Crippen LogP contribution in [-0.2, 0) is 0 Å². The number of para-hydroxylation sites is 4. The number of nitrogens with zero attached hydrogens (tertiary/aromatic N) is 2. The van der Waals surface area contributed by atoms with Gasteiger partial charge in [0, 0.05) is 11.4 Å². The monoisotopic (exact) mass is 686 g/mol. The molecule has 0 spiro atoms. The van der Waals surface area contributed by atoms with E-state index in [0.29, 0.717) is 0 Å². The first kappa shape index (κ1) is 30.5. The molecule has 11 rings (SSSR count). The summed E-state index contributed by atoms with van der Waals surface area (Å²) in [5, 5.41) is 10.1. The van der Waals surface area contributed by atoms with Crippen LogP contribution in [0, 0.1) is 0 Å². The first-order valence-corrected chi connectivity index (χ1v) is 18.6. The van der Waals surface area contributed by atoms with Crippen LogP contribution in [0.4, 0.5) is 34.1 Å². The van der Waals surface area contributed by atoms with Crippen molar-refractivity contribution in [3.05, 3.63) is 206 Å². The molecule has 10 aromatic rings. The molecule has 0 bridgehead atoms. The molecule has 1 heterocycles. The van der Waals surface area contributed by atoms with E-state index in [9.17, 15) is 0 Å². The van der Waals surface area contributed by atoms with Crippen LogP contribution in [0.15, 0.2) is 206 Å². The minimum absolute atomic E-state index is 1.13. The number of benzene rings is 10. The van der Waals surface area contributed by atoms with E-state index in [1.54, 1.807) is 0 Å². The molecule has 0 aliphatic carbocycles. The Morgan fingerprint density at radius 2 is 0.648 bits per heavy atom. The standard InChI is InChI=1S/C52H34N2/c1-3-16-39(17-4-1)53-47-25-13-14-26-48(47)54(40-18-5-2-6-19-40)50-34-38(30-32-49(50)53)52-45-23-11-9-21-43(45)51(44-22-10-12-24-46(44)52)37-29-31-42-36(33-37)28-27-35-15-7-8-20-41(35)42/h1-34H. The third-order valence-electron chi connectivity index (χ3n) is 11.1. The van der Waals surface area contributed by atoms with Gasteiger partial charge in [0.15, 0.2) is 0 Å². The van der Waals surface area contributed by atoms with Gasteiger partial charge in [0.25, 0.3) is 0 Å². The van der Waals surface area contributed by atoms with Crippen molar-refractivity contribution in [1.29, 1.82) is 0 Å². The number of anilines is 6. The number of hydrogen-bond donors (Lipinski definition) is 0. The van der Waals surface area contributed by atoms with Gasteiger partial charge in [0.2, 0.25) is 0 Å². The van der Waals surface area contributed by atoms with E-state index in [-0.39, 0.29) is 0 Å². The Morgan fingerprint density at radius 3 is 1.24 bits per heavy atom. The Bertz CT molecular complexity index is 3000. The highest BCUT2D eigenvalue weighted by atomic mass is 15.3. The number of rotatable bonds is 4. The van der Waals surface area contributed by atoms with Crippen LogP contribution < -0.4 is 9.80 Å². The predicted molar refractivity (Wildman–Crippen MR) is 230 cm³/mol. The van der Waals surface area contributed by atoms with Gasteiger partial charge in [-0.25, -0.2) is 0 Å². The summed E-state index contributed by atoms with van der Waals surface area (Å²) in [4.78, 5) is 4.82. The van der Waals surface area contributed by atoms with E-state index in [1.165, 1.54) is 65.3 Å². The Morgan fingerprint density at radius 1 is 0.241 bits per heavy atom. The molecule has 2 heteroatoms. The van der Waals surface area contributed by atoms with Crippen molar-refractivity contribution >= 4 is 77.2 Å². The molecule has 0 amide bonds. The van der Waals surface area contributed by atoms with Gasteiger partial charge in [-0.15, -0.1) is 0 Å². The third-order valence-corrected chi connectivity index (χ3v) is 11.1. The van der Waals surface area contributed by atoms with Crippen LogP contribution in [0.5, 0.6) is 0 Å². The first-order chi connectivity index (χ1) is 26.8. The summed E-state index contributed by atoms with van der Waals surface area (Å²) in [6.07, 6.45) is 0. The summed E-state index contributed by atoms with van der Waals surface area (Å²) < 4.78 is 0. The highest BCUT2D eigenvalue weighted by molar-refractivity contribution is 6.22. The Labute approximate surface area is 314 Å². The predicted octanol–water partition coefficient (Wildman–Crippen LogP) is 14.9. The summed E-state index contributed by atoms with van der Waals surface area (Å²) in [7, 11) is 0. The quantitative estimate of drug-likeness (QED) is 0.134. The van der Waals surface area contributed by atoms with Gasteiger partial charge in [-0.1, -0.05) is 152 Å². The summed E-state index contributed by atoms with van der Waals surface area (Å²) in [5.41, 5.74) is 11.8. The van der Waals surface area contributed by atoms with Crippen molar-refractivity contribution in [2.45, 2.75) is 0 Å². The fourth-order valence-electron chi connectivity index (χ4n) is 8.78. The lowest BCUT2D eigenvalue weighted by Crippen LogP contribution is -2.24. The summed E-state index contributed by atoms with van der Waals surface area (Å²) >= 11 is 0. The zero-order valence-electron chi connectivity index (χ0n) is 29.5. The van der Waals surface area contributed by atoms with Crippen LogP contribution in [0.2, 0.25) is 0 Å². The van der Waals surface area contributed by atoms with Crippen LogP contribution in [-0.4, -0.2) is 0 Å². The van der Waals surface area contributed by atoms with Crippen molar-refractivity contribution in [2.24, 2.45) is 0 Å². The fourth-order valence-corrected chi connectivity index (χ4v) is 8.78. The van der Waals surface area contributed by atoms with Crippen LogP contribution >= 0.6 is 0 Å². The molecule has 1 aliphatic rings. The van der Waals surface area contributed by atoms with Crippen molar-refractivity contribution in [3.63, 3.8) is 0 Å². The lowest BCUT2D eigenvalue weighted by Gasteiger charge is -2.40. The maximum Gasteiger partial charge on any atom is 0.0709 e. The second-order valence-electron chi connectivity index (χ2n) is 14.1. The van der Waals surface area contributed by atoms with Crippen molar-refractivity contribution in [3.8, 4) is 22.3 Å². The average molecular weight is 687 g/mol. The van der Waals surface area contributed by atoms with Crippen molar-refractivity contribution in [1.82, 2.24) is 0 Å². The zero-order valence-corrected chi connectivity index (χ0v) is 29.5. The largest absolute Gasteiger partial charge is 0.306 e. The Kier molecular flexibility index (Phi) is 6.90. The topological polar surface area (TPSA) is 6.48 Å². The number of hydrogen-bond acceptors (Lipinski definition) is 2. The molecule has 252 valence electrons. The highest BCUT2D eigenvalue weighted by Crippen LogP contribution is 2.55. The normalized spacial score (nSPS) is 12.4. The fraction of sp³-hybridized carbons (Fsp3) is 0. The zero-order chi connectivity index (χ0) is 35.6. The van der Waals surface area contributed by atoms with Gasteiger partial charge >= 0.3 is 0 Å². The Hall–Kier alpha value is -7.16. The minimum Gasteiger partial charge on any atom is -0.306 e. The molecule has 2 nitrogen and oxygen atoms in total. The van der Waals surface area contributed by atoms with Gasteiger partial charge in [0.05, 0.1) is 22.7 Å². The lowest BCUT2D eigenvalue weighted by molar-refractivity contribution is 1.17. The molecule has 0 saturated heterocycles. The van der Waals surface area contributed by atoms with E-state index in [1.807, 2.05) is 0 Å². The van der Waals surface area contributed by atoms with Gasteiger partial charge in [-0.3, -0.25) is 0 Å². The maximum atomic E-state index is 2.42. The van der Waals surface area contributed by atoms with Gasteiger partial charge < -0.3 is 9.80 Å². The second kappa shape index (κ2) is 12.2. The van der Waals surface area contributed by atoms with E-state index in [4.69, 9.17) is 0 Å². The molecule has 0 unspecified atom stereocenters. The molecule has 10 aromatic carbocycles. The second-order valence-corrected chi connectivity index (χ2v) is 14.1. The Balaban J connectivity index is 1.17. The molecular formula is C52H34N2. The summed E-state index contributed by atoms with van der Waals surface area (Å²) in [5.74, 6) is 0. The van der Waals surface area contributed by atoms with E-state index in [2.05, 4.69) is 216 Å². The van der Waals surface area contributed by atoms with Crippen LogP contribution in [0.25, 0.3) is 65.3 Å². The van der Waals surface area contributed by atoms with Gasteiger partial charge in [-0.2, -0.15) is 0 Å². The van der Waals surface area contributed by atoms with E-state index >= 15 is 0 Å². The summed E-state index contributed by atoms with van der Waals surface area (Å²) in [6.45, 7) is 0. The highest BCUT2D eigenvalue weighted by Gasteiger charge is 2.31. The first-order valence-electron chi connectivity index (χ1n) is 18.6. The third kappa shape index (κ3) is 4.67. The molecule has 0 aromatic heterocycles. The maximum absolute atomic E-state index is 2.42. The average Bonchev–Trinajstić information content (AvgIpc) is 3.24. The lowest BCUT2D eigenvalue weighted by atomic mass is 9.85. The number of fused-ring (bicyclic) bond motifs is 7. The molecule has 0 fully saturated rings. The summed E-state index contributed by atoms with van der Waals surface area (Å²) in [6, 6.07) is 75.3. The molecule has 0 saturated carbocycles. The minimum atomic E-state index is 1.13. The van der Waals surface area contributed by atoms with E-state index in [0.717, 1.165) is 34.1 Å². The van der Waals surface area contributed by atoms with Gasteiger partial charge in [0.1, 0.15) is 0 Å². The SMILES string of the molecule is c1ccc(N2c3ccccc3N(c3ccccc3)c3cc(-c4c5ccccc5c(-c5ccc6c(ccc7ccccc76)c5)c5ccccc45)ccc32)cc1. The molecule has 0 radical (unpaired) electrons. The molecule has 0 atom stereocenters. The smallest absolute Gasteiger partial charge is 0.0709 e. The van der Waals surface area contributed by atoms with Crippen LogP contribution in [0.3, 0.4) is 0 Å².